The van der Waals surface area contributed by atoms with Crippen molar-refractivity contribution in [3.8, 4) is 0 Å². The molecule has 0 spiro atoms. The number of carbonyl (C=O) groups is 1. The second-order valence-electron chi connectivity index (χ2n) is 6.18. The molecule has 1 fully saturated rings. The van der Waals surface area contributed by atoms with Gasteiger partial charge in [-0.1, -0.05) is 23.7 Å². The molecule has 2 aliphatic heterocycles. The molecule has 0 saturated carbocycles. The van der Waals surface area contributed by atoms with Gasteiger partial charge in [-0.25, -0.2) is 13.1 Å². The lowest BCUT2D eigenvalue weighted by Crippen LogP contribution is -2.44. The lowest BCUT2D eigenvalue weighted by molar-refractivity contribution is -0.117. The van der Waals surface area contributed by atoms with Crippen molar-refractivity contribution in [1.29, 1.82) is 0 Å². The van der Waals surface area contributed by atoms with Gasteiger partial charge in [0.25, 0.3) is 0 Å². The van der Waals surface area contributed by atoms with E-state index in [2.05, 4.69) is 10.0 Å². The normalized spacial score (nSPS) is 22.3. The van der Waals surface area contributed by atoms with Gasteiger partial charge in [-0.15, -0.1) is 0 Å². The molecule has 1 amide bonds. The third-order valence-corrected chi connectivity index (χ3v) is 6.31. The Bertz CT molecular complexity index is 930. The molecule has 0 aromatic heterocycles. The first-order valence-corrected chi connectivity index (χ1v) is 9.74. The van der Waals surface area contributed by atoms with Gasteiger partial charge < -0.3 is 10.2 Å². The lowest BCUT2D eigenvalue weighted by Gasteiger charge is -2.32. The number of para-hydroxylation sites is 2. The molecule has 2 aromatic rings. The van der Waals surface area contributed by atoms with Crippen LogP contribution in [-0.2, 0) is 14.8 Å². The molecule has 25 heavy (non-hydrogen) atoms. The van der Waals surface area contributed by atoms with Crippen LogP contribution in [0.15, 0.2) is 53.4 Å². The van der Waals surface area contributed by atoms with Crippen LogP contribution in [0.2, 0.25) is 5.02 Å². The Morgan fingerprint density at radius 1 is 1.12 bits per heavy atom. The topological polar surface area (TPSA) is 78.5 Å². The van der Waals surface area contributed by atoms with E-state index >= 15 is 0 Å². The fourth-order valence-corrected chi connectivity index (χ4v) is 4.75. The largest absolute Gasteiger partial charge is 0.356 e. The molecule has 8 heteroatoms. The van der Waals surface area contributed by atoms with Crippen LogP contribution >= 0.6 is 11.6 Å². The number of rotatable bonds is 3. The third kappa shape index (κ3) is 2.99. The summed E-state index contributed by atoms with van der Waals surface area (Å²) in [5, 5.41) is 3.36. The minimum atomic E-state index is -3.67. The van der Waals surface area contributed by atoms with Gasteiger partial charge >= 0.3 is 0 Å². The maximum absolute atomic E-state index is 12.6. The van der Waals surface area contributed by atoms with Gasteiger partial charge in [0.2, 0.25) is 15.9 Å². The van der Waals surface area contributed by atoms with Crippen molar-refractivity contribution in [3.05, 3.63) is 53.6 Å². The third-order valence-electron chi connectivity index (χ3n) is 4.52. The molecule has 2 unspecified atom stereocenters. The number of halogens is 1. The number of nitrogens with one attached hydrogen (secondary N) is 2. The van der Waals surface area contributed by atoms with Gasteiger partial charge in [0.05, 0.1) is 16.3 Å². The molecule has 0 bridgehead atoms. The van der Waals surface area contributed by atoms with Crippen molar-refractivity contribution in [2.75, 3.05) is 16.8 Å². The second kappa shape index (κ2) is 6.01. The fourth-order valence-electron chi connectivity index (χ4n) is 3.38. The molecule has 130 valence electrons. The molecular weight excluding hydrogens is 362 g/mol. The molecule has 6 nitrogen and oxygen atoms in total. The average molecular weight is 378 g/mol. The van der Waals surface area contributed by atoms with Crippen LogP contribution in [0.25, 0.3) is 0 Å². The SMILES string of the molecule is O=C1Nc2ccccc2N2CC(NS(=O)(=O)c3ccc(Cl)cc3)CC12. The van der Waals surface area contributed by atoms with Crippen molar-refractivity contribution in [2.24, 2.45) is 0 Å². The van der Waals surface area contributed by atoms with E-state index < -0.39 is 10.0 Å². The predicted octanol–water partition coefficient (Wildman–Crippen LogP) is 2.22. The van der Waals surface area contributed by atoms with Gasteiger partial charge in [0.1, 0.15) is 6.04 Å². The van der Waals surface area contributed by atoms with Crippen LogP contribution in [-0.4, -0.2) is 33.0 Å². The zero-order chi connectivity index (χ0) is 17.6. The predicted molar refractivity (Wildman–Crippen MR) is 96.4 cm³/mol. The van der Waals surface area contributed by atoms with Crippen LogP contribution in [0.3, 0.4) is 0 Å². The zero-order valence-corrected chi connectivity index (χ0v) is 14.7. The molecule has 2 N–H and O–H groups in total. The Morgan fingerprint density at radius 2 is 1.84 bits per heavy atom. The van der Waals surface area contributed by atoms with E-state index in [9.17, 15) is 13.2 Å². The Kier molecular flexibility index (Phi) is 3.94. The Balaban J connectivity index is 1.57. The number of nitrogens with zero attached hydrogens (tertiary/aromatic N) is 1. The highest BCUT2D eigenvalue weighted by Gasteiger charge is 2.42. The zero-order valence-electron chi connectivity index (χ0n) is 13.1. The standard InChI is InChI=1S/C17H16ClN3O3S/c18-11-5-7-13(8-6-11)25(23,24)20-12-9-16-17(22)19-14-3-1-2-4-15(14)21(16)10-12/h1-8,12,16,20H,9-10H2,(H,19,22). The first-order valence-electron chi connectivity index (χ1n) is 7.88. The van der Waals surface area contributed by atoms with Gasteiger partial charge in [-0.3, -0.25) is 4.79 Å². The molecule has 2 aromatic carbocycles. The highest BCUT2D eigenvalue weighted by Crippen LogP contribution is 2.36. The number of amides is 1. The minimum absolute atomic E-state index is 0.105. The number of hydrogen-bond acceptors (Lipinski definition) is 4. The summed E-state index contributed by atoms with van der Waals surface area (Å²) in [6.45, 7) is 0.446. The van der Waals surface area contributed by atoms with Crippen molar-refractivity contribution in [1.82, 2.24) is 4.72 Å². The highest BCUT2D eigenvalue weighted by atomic mass is 35.5. The van der Waals surface area contributed by atoms with Gasteiger partial charge in [0, 0.05) is 17.6 Å². The molecule has 4 rings (SSSR count). The molecule has 0 radical (unpaired) electrons. The summed E-state index contributed by atoms with van der Waals surface area (Å²) in [5.74, 6) is -0.105. The Hall–Kier alpha value is -2.09. The van der Waals surface area contributed by atoms with E-state index in [0.29, 0.717) is 18.0 Å². The number of sulfonamides is 1. The van der Waals surface area contributed by atoms with Gasteiger partial charge in [0.15, 0.2) is 0 Å². The quantitative estimate of drug-likeness (QED) is 0.859. The minimum Gasteiger partial charge on any atom is -0.356 e. The van der Waals surface area contributed by atoms with Crippen LogP contribution in [0.4, 0.5) is 11.4 Å². The number of benzene rings is 2. The van der Waals surface area contributed by atoms with Gasteiger partial charge in [-0.2, -0.15) is 0 Å². The summed E-state index contributed by atoms with van der Waals surface area (Å²) in [7, 11) is -3.67. The number of carbonyl (C=O) groups excluding carboxylic acids is 1. The second-order valence-corrected chi connectivity index (χ2v) is 8.33. The first-order chi connectivity index (χ1) is 11.9. The summed E-state index contributed by atoms with van der Waals surface area (Å²) in [6, 6.07) is 12.8. The van der Waals surface area contributed by atoms with Gasteiger partial charge in [-0.05, 0) is 42.8 Å². The maximum atomic E-state index is 12.6. The number of fused-ring (bicyclic) bond motifs is 3. The fraction of sp³-hybridized carbons (Fsp3) is 0.235. The van der Waals surface area contributed by atoms with E-state index in [1.807, 2.05) is 29.2 Å². The molecular formula is C17H16ClN3O3S. The van der Waals surface area contributed by atoms with E-state index in [4.69, 9.17) is 11.6 Å². The van der Waals surface area contributed by atoms with Crippen LogP contribution in [0.5, 0.6) is 0 Å². The van der Waals surface area contributed by atoms with E-state index in [1.54, 1.807) is 0 Å². The van der Waals surface area contributed by atoms with Crippen LogP contribution < -0.4 is 14.9 Å². The molecule has 0 aliphatic carbocycles. The summed E-state index contributed by atoms with van der Waals surface area (Å²) in [4.78, 5) is 14.4. The monoisotopic (exact) mass is 377 g/mol. The van der Waals surface area contributed by atoms with Crippen LogP contribution in [0.1, 0.15) is 6.42 Å². The molecule has 1 saturated heterocycles. The highest BCUT2D eigenvalue weighted by molar-refractivity contribution is 7.89. The van der Waals surface area contributed by atoms with E-state index in [0.717, 1.165) is 11.4 Å². The average Bonchev–Trinajstić information content (AvgIpc) is 2.99. The van der Waals surface area contributed by atoms with Crippen molar-refractivity contribution in [2.45, 2.75) is 23.4 Å². The maximum Gasteiger partial charge on any atom is 0.247 e. The summed E-state index contributed by atoms with van der Waals surface area (Å²) in [5.41, 5.74) is 1.67. The number of anilines is 2. The Labute approximate surface area is 150 Å². The smallest absolute Gasteiger partial charge is 0.247 e. The first kappa shape index (κ1) is 16.4. The van der Waals surface area contributed by atoms with Crippen molar-refractivity contribution >= 4 is 38.9 Å². The molecule has 2 heterocycles. The van der Waals surface area contributed by atoms with Crippen molar-refractivity contribution in [3.63, 3.8) is 0 Å². The van der Waals surface area contributed by atoms with Crippen LogP contribution in [0, 0.1) is 0 Å². The van der Waals surface area contributed by atoms with Crippen molar-refractivity contribution < 1.29 is 13.2 Å². The summed E-state index contributed by atoms with van der Waals surface area (Å²) in [6.07, 6.45) is 0.424. The summed E-state index contributed by atoms with van der Waals surface area (Å²) < 4.78 is 27.8. The molecule has 2 aliphatic rings. The Morgan fingerprint density at radius 3 is 2.60 bits per heavy atom. The van der Waals surface area contributed by atoms with E-state index in [1.165, 1.54) is 24.3 Å². The summed E-state index contributed by atoms with van der Waals surface area (Å²) >= 11 is 5.81. The lowest BCUT2D eigenvalue weighted by atomic mass is 10.1. The van der Waals surface area contributed by atoms with E-state index in [-0.39, 0.29) is 22.9 Å². The number of hydrogen-bond donors (Lipinski definition) is 2. The molecule has 2 atom stereocenters.